The molecule has 120 valence electrons. The van der Waals surface area contributed by atoms with E-state index in [0.717, 1.165) is 20.1 Å². The zero-order chi connectivity index (χ0) is 17.3. The third kappa shape index (κ3) is 3.13. The van der Waals surface area contributed by atoms with Crippen LogP contribution in [0.5, 0.6) is 0 Å². The normalized spacial score (nSPS) is 11.9. The minimum absolute atomic E-state index is 0.0652. The smallest absolute Gasteiger partial charge is 0.154 e. The molecule has 1 N–H and O–H groups in total. The van der Waals surface area contributed by atoms with Gasteiger partial charge in [-0.2, -0.15) is 5.26 Å². The number of rotatable bonds is 3. The molecule has 0 fully saturated rings. The highest BCUT2D eigenvalue weighted by molar-refractivity contribution is 9.10. The maximum absolute atomic E-state index is 10.5. The van der Waals surface area contributed by atoms with Gasteiger partial charge in [0.15, 0.2) is 5.76 Å². The van der Waals surface area contributed by atoms with Crippen LogP contribution in [0.1, 0.15) is 21.3 Å². The van der Waals surface area contributed by atoms with Crippen molar-refractivity contribution in [3.05, 3.63) is 55.4 Å². The number of benzene rings is 1. The number of aromatic nitrogens is 2. The first-order chi connectivity index (χ1) is 11.5. The van der Waals surface area contributed by atoms with Gasteiger partial charge in [-0.05, 0) is 19.9 Å². The van der Waals surface area contributed by atoms with E-state index in [1.165, 1.54) is 22.7 Å². The Morgan fingerprint density at radius 1 is 1.25 bits per heavy atom. The number of aryl methyl sites for hydroxylation is 2. The zero-order valence-corrected chi connectivity index (χ0v) is 16.1. The molecule has 0 saturated heterocycles. The number of halogens is 1. The molecule has 2 heterocycles. The van der Waals surface area contributed by atoms with E-state index in [2.05, 4.69) is 32.0 Å². The van der Waals surface area contributed by atoms with Crippen molar-refractivity contribution in [3.8, 4) is 16.6 Å². The van der Waals surface area contributed by atoms with Crippen LogP contribution >= 0.6 is 38.6 Å². The van der Waals surface area contributed by atoms with E-state index in [1.54, 1.807) is 5.38 Å². The Morgan fingerprint density at radius 3 is 2.62 bits per heavy atom. The van der Waals surface area contributed by atoms with Crippen LogP contribution in [0, 0.1) is 25.2 Å². The maximum Gasteiger partial charge on any atom is 0.154 e. The van der Waals surface area contributed by atoms with Gasteiger partial charge < -0.3 is 5.11 Å². The number of aliphatic hydroxyl groups is 1. The van der Waals surface area contributed by atoms with Crippen LogP contribution in [0.3, 0.4) is 0 Å². The highest BCUT2D eigenvalue weighted by Gasteiger charge is 2.18. The Morgan fingerprint density at radius 2 is 2.00 bits per heavy atom. The first kappa shape index (κ1) is 16.8. The Balaban J connectivity index is 2.08. The van der Waals surface area contributed by atoms with Crippen LogP contribution in [0.4, 0.5) is 0 Å². The van der Waals surface area contributed by atoms with Gasteiger partial charge in [0, 0.05) is 15.4 Å². The molecule has 0 aliphatic rings. The summed E-state index contributed by atoms with van der Waals surface area (Å²) in [5.74, 6) is -0.0652. The van der Waals surface area contributed by atoms with Crippen LogP contribution in [-0.2, 0) is 0 Å². The van der Waals surface area contributed by atoms with Gasteiger partial charge in [0.1, 0.15) is 16.6 Å². The number of nitriles is 1. The Kier molecular flexibility index (Phi) is 4.81. The molecule has 7 heteroatoms. The third-order valence-corrected chi connectivity index (χ3v) is 5.98. The summed E-state index contributed by atoms with van der Waals surface area (Å²) in [4.78, 5) is 9.44. The van der Waals surface area contributed by atoms with Crippen LogP contribution in [0.2, 0.25) is 0 Å². The molecule has 3 aromatic rings. The molecule has 4 nitrogen and oxygen atoms in total. The monoisotopic (exact) mass is 417 g/mol. The summed E-state index contributed by atoms with van der Waals surface area (Å²) in [5, 5.41) is 23.5. The molecule has 0 aliphatic heterocycles. The second kappa shape index (κ2) is 6.85. The van der Waals surface area contributed by atoms with Gasteiger partial charge in [-0.3, -0.25) is 0 Å². The van der Waals surface area contributed by atoms with Crippen molar-refractivity contribution < 1.29 is 5.11 Å². The van der Waals surface area contributed by atoms with E-state index in [0.29, 0.717) is 16.3 Å². The summed E-state index contributed by atoms with van der Waals surface area (Å²) in [7, 11) is 0. The first-order valence-corrected chi connectivity index (χ1v) is 9.48. The van der Waals surface area contributed by atoms with Crippen LogP contribution < -0.4 is 0 Å². The quantitative estimate of drug-likeness (QED) is 0.444. The standard InChI is InChI=1S/C17H12BrN3OS2/c1-9-16(24-10(2)20-9)15(22)12(7-19)14-8-23-17(21-14)11-5-3-4-6-13(11)18/h3-6,8,22H,1-2H3. The number of aliphatic hydroxyl groups excluding tert-OH is 1. The zero-order valence-electron chi connectivity index (χ0n) is 12.9. The summed E-state index contributed by atoms with van der Waals surface area (Å²) < 4.78 is 0.937. The Labute approximate surface area is 155 Å². The lowest BCUT2D eigenvalue weighted by atomic mass is 10.1. The van der Waals surface area contributed by atoms with E-state index in [1.807, 2.05) is 38.1 Å². The van der Waals surface area contributed by atoms with Crippen molar-refractivity contribution in [3.63, 3.8) is 0 Å². The molecule has 0 radical (unpaired) electrons. The van der Waals surface area contributed by atoms with E-state index < -0.39 is 0 Å². The Bertz CT molecular complexity index is 982. The minimum Gasteiger partial charge on any atom is -0.505 e. The summed E-state index contributed by atoms with van der Waals surface area (Å²) >= 11 is 6.31. The lowest BCUT2D eigenvalue weighted by molar-refractivity contribution is 0.515. The minimum atomic E-state index is -0.0652. The fraction of sp³-hybridized carbons (Fsp3) is 0.118. The molecule has 0 aliphatic carbocycles. The number of nitrogens with zero attached hydrogens (tertiary/aromatic N) is 3. The van der Waals surface area contributed by atoms with Crippen molar-refractivity contribution in [2.24, 2.45) is 0 Å². The lowest BCUT2D eigenvalue weighted by Gasteiger charge is -2.01. The SMILES string of the molecule is Cc1nc(C)c(C(O)=C(C#N)c2csc(-c3ccccc3Br)n2)s1. The molecule has 0 bridgehead atoms. The Hall–Kier alpha value is -2.01. The van der Waals surface area contributed by atoms with Gasteiger partial charge in [0.2, 0.25) is 0 Å². The summed E-state index contributed by atoms with van der Waals surface area (Å²) in [6.07, 6.45) is 0. The molecular formula is C17H12BrN3OS2. The number of allylic oxidation sites excluding steroid dienone is 1. The van der Waals surface area contributed by atoms with Crippen molar-refractivity contribution in [1.29, 1.82) is 5.26 Å². The number of hydrogen-bond donors (Lipinski definition) is 1. The van der Waals surface area contributed by atoms with E-state index >= 15 is 0 Å². The molecule has 0 spiro atoms. The third-order valence-electron chi connectivity index (χ3n) is 3.33. The van der Waals surface area contributed by atoms with Crippen molar-refractivity contribution in [2.75, 3.05) is 0 Å². The van der Waals surface area contributed by atoms with Gasteiger partial charge >= 0.3 is 0 Å². The number of thiazole rings is 2. The lowest BCUT2D eigenvalue weighted by Crippen LogP contribution is -1.91. The molecular weight excluding hydrogens is 406 g/mol. The summed E-state index contributed by atoms with van der Waals surface area (Å²) in [6.45, 7) is 3.69. The van der Waals surface area contributed by atoms with Gasteiger partial charge in [-0.15, -0.1) is 22.7 Å². The van der Waals surface area contributed by atoms with Gasteiger partial charge in [-0.1, -0.05) is 34.1 Å². The van der Waals surface area contributed by atoms with Crippen molar-refractivity contribution in [2.45, 2.75) is 13.8 Å². The number of hydrogen-bond acceptors (Lipinski definition) is 6. The van der Waals surface area contributed by atoms with Crippen LogP contribution in [0.25, 0.3) is 21.9 Å². The van der Waals surface area contributed by atoms with Crippen molar-refractivity contribution in [1.82, 2.24) is 9.97 Å². The summed E-state index contributed by atoms with van der Waals surface area (Å²) in [6, 6.07) is 9.84. The summed E-state index contributed by atoms with van der Waals surface area (Å²) in [5.41, 5.74) is 2.30. The van der Waals surface area contributed by atoms with Crippen molar-refractivity contribution >= 4 is 49.9 Å². The second-order valence-electron chi connectivity index (χ2n) is 5.00. The maximum atomic E-state index is 10.5. The molecule has 3 rings (SSSR count). The van der Waals surface area contributed by atoms with Crippen LogP contribution in [-0.4, -0.2) is 15.1 Å². The van der Waals surface area contributed by atoms with Crippen LogP contribution in [0.15, 0.2) is 34.1 Å². The molecule has 0 amide bonds. The molecule has 2 aromatic heterocycles. The molecule has 24 heavy (non-hydrogen) atoms. The average molecular weight is 418 g/mol. The first-order valence-electron chi connectivity index (χ1n) is 6.99. The van der Waals surface area contributed by atoms with E-state index in [9.17, 15) is 10.4 Å². The highest BCUT2D eigenvalue weighted by Crippen LogP contribution is 2.34. The molecule has 0 saturated carbocycles. The largest absolute Gasteiger partial charge is 0.505 e. The van der Waals surface area contributed by atoms with Gasteiger partial charge in [0.05, 0.1) is 21.3 Å². The van der Waals surface area contributed by atoms with Gasteiger partial charge in [0.25, 0.3) is 0 Å². The second-order valence-corrected chi connectivity index (χ2v) is 7.92. The predicted octanol–water partition coefficient (Wildman–Crippen LogP) is 5.60. The predicted molar refractivity (Wildman–Crippen MR) is 102 cm³/mol. The topological polar surface area (TPSA) is 69.8 Å². The fourth-order valence-electron chi connectivity index (χ4n) is 2.24. The van der Waals surface area contributed by atoms with E-state index in [4.69, 9.17) is 0 Å². The molecule has 0 atom stereocenters. The molecule has 1 aromatic carbocycles. The van der Waals surface area contributed by atoms with E-state index in [-0.39, 0.29) is 11.3 Å². The van der Waals surface area contributed by atoms with Gasteiger partial charge in [-0.25, -0.2) is 9.97 Å². The fourth-order valence-corrected chi connectivity index (χ4v) is 4.57. The molecule has 0 unspecified atom stereocenters. The highest BCUT2D eigenvalue weighted by atomic mass is 79.9. The average Bonchev–Trinajstić information content (AvgIpc) is 3.15.